The third-order valence-corrected chi connectivity index (χ3v) is 4.17. The molecular formula is C18H26BNO2. The molecule has 1 aromatic carbocycles. The van der Waals surface area contributed by atoms with Crippen LogP contribution in [0.4, 0.5) is 0 Å². The van der Waals surface area contributed by atoms with Crippen molar-refractivity contribution >= 4 is 13.8 Å². The standard InChI is InChI=1S/C18H26BNO2/c19-13-5-2-6-14-22-17-11-9-15(10-12-17)18(21)20-16-7-3-1-4-8-16/h9-12,16H,1-8,13-14H2,(H,20,21). The Balaban J connectivity index is 1.74. The van der Waals surface area contributed by atoms with Gasteiger partial charge in [0.2, 0.25) is 0 Å². The quantitative estimate of drug-likeness (QED) is 0.584. The summed E-state index contributed by atoms with van der Waals surface area (Å²) in [5, 5.41) is 3.13. The van der Waals surface area contributed by atoms with Gasteiger partial charge in [-0.15, -0.1) is 0 Å². The summed E-state index contributed by atoms with van der Waals surface area (Å²) < 4.78 is 5.66. The van der Waals surface area contributed by atoms with E-state index in [9.17, 15) is 4.79 Å². The van der Waals surface area contributed by atoms with Gasteiger partial charge < -0.3 is 10.1 Å². The van der Waals surface area contributed by atoms with Crippen molar-refractivity contribution in [2.24, 2.45) is 0 Å². The third kappa shape index (κ3) is 5.74. The van der Waals surface area contributed by atoms with E-state index >= 15 is 0 Å². The number of carbonyl (C=O) groups excluding carboxylic acids is 1. The molecule has 1 N–H and O–H groups in total. The molecule has 0 atom stereocenters. The first kappa shape index (κ1) is 16.9. The van der Waals surface area contributed by atoms with E-state index in [0.717, 1.165) is 44.2 Å². The second kappa shape index (κ2) is 9.55. The maximum Gasteiger partial charge on any atom is 0.251 e. The zero-order chi connectivity index (χ0) is 15.6. The van der Waals surface area contributed by atoms with Crippen molar-refractivity contribution in [3.05, 3.63) is 29.8 Å². The van der Waals surface area contributed by atoms with Crippen LogP contribution in [0.2, 0.25) is 6.32 Å². The minimum Gasteiger partial charge on any atom is -0.494 e. The smallest absolute Gasteiger partial charge is 0.251 e. The maximum atomic E-state index is 12.2. The molecule has 1 aromatic rings. The van der Waals surface area contributed by atoms with Crippen LogP contribution in [0.25, 0.3) is 0 Å². The number of amides is 1. The molecule has 1 fully saturated rings. The lowest BCUT2D eigenvalue weighted by Crippen LogP contribution is -2.36. The number of nitrogens with one attached hydrogen (secondary N) is 1. The van der Waals surface area contributed by atoms with E-state index in [-0.39, 0.29) is 5.91 Å². The normalized spacial score (nSPS) is 15.5. The molecular weight excluding hydrogens is 273 g/mol. The van der Waals surface area contributed by atoms with Crippen molar-refractivity contribution in [1.82, 2.24) is 5.32 Å². The lowest BCUT2D eigenvalue weighted by atomic mass is 9.95. The monoisotopic (exact) mass is 299 g/mol. The van der Waals surface area contributed by atoms with Crippen LogP contribution in [-0.4, -0.2) is 26.4 Å². The van der Waals surface area contributed by atoms with Crippen molar-refractivity contribution in [3.8, 4) is 5.75 Å². The maximum absolute atomic E-state index is 12.2. The summed E-state index contributed by atoms with van der Waals surface area (Å²) in [6, 6.07) is 7.78. The molecule has 0 unspecified atom stereocenters. The zero-order valence-electron chi connectivity index (χ0n) is 13.4. The van der Waals surface area contributed by atoms with Gasteiger partial charge in [-0.25, -0.2) is 0 Å². The highest BCUT2D eigenvalue weighted by atomic mass is 16.5. The number of rotatable bonds is 8. The highest BCUT2D eigenvalue weighted by molar-refractivity contribution is 6.08. The largest absolute Gasteiger partial charge is 0.494 e. The van der Waals surface area contributed by atoms with E-state index in [1.165, 1.54) is 19.3 Å². The summed E-state index contributed by atoms with van der Waals surface area (Å²) in [5.41, 5.74) is 0.709. The van der Waals surface area contributed by atoms with Gasteiger partial charge in [0.25, 0.3) is 5.91 Å². The van der Waals surface area contributed by atoms with Crippen molar-refractivity contribution in [2.75, 3.05) is 6.61 Å². The summed E-state index contributed by atoms with van der Waals surface area (Å²) in [6.07, 6.45) is 9.85. The average Bonchev–Trinajstić information content (AvgIpc) is 2.56. The van der Waals surface area contributed by atoms with Crippen LogP contribution in [-0.2, 0) is 0 Å². The summed E-state index contributed by atoms with van der Waals surface area (Å²) in [5.74, 6) is 0.850. The predicted molar refractivity (Wildman–Crippen MR) is 90.7 cm³/mol. The first-order valence-corrected chi connectivity index (χ1v) is 8.53. The van der Waals surface area contributed by atoms with Crippen molar-refractivity contribution in [2.45, 2.75) is 63.7 Å². The molecule has 1 saturated carbocycles. The molecule has 22 heavy (non-hydrogen) atoms. The summed E-state index contributed by atoms with van der Waals surface area (Å²) >= 11 is 0. The number of hydrogen-bond acceptors (Lipinski definition) is 2. The van der Waals surface area contributed by atoms with Crippen LogP contribution in [0.15, 0.2) is 24.3 Å². The Morgan fingerprint density at radius 1 is 1.09 bits per heavy atom. The number of ether oxygens (including phenoxy) is 1. The van der Waals surface area contributed by atoms with Crippen LogP contribution in [0.5, 0.6) is 5.75 Å². The van der Waals surface area contributed by atoms with Gasteiger partial charge in [0.15, 0.2) is 0 Å². The fraction of sp³-hybridized carbons (Fsp3) is 0.611. The first-order valence-electron chi connectivity index (χ1n) is 8.53. The molecule has 2 radical (unpaired) electrons. The Morgan fingerprint density at radius 3 is 2.50 bits per heavy atom. The molecule has 2 rings (SSSR count). The molecule has 0 aliphatic heterocycles. The Bertz CT molecular complexity index is 441. The van der Waals surface area contributed by atoms with E-state index in [0.29, 0.717) is 18.2 Å². The Hall–Kier alpha value is -1.45. The van der Waals surface area contributed by atoms with E-state index in [1.807, 2.05) is 24.3 Å². The van der Waals surface area contributed by atoms with Gasteiger partial charge in [0.05, 0.1) is 14.5 Å². The molecule has 118 valence electrons. The van der Waals surface area contributed by atoms with Crippen LogP contribution < -0.4 is 10.1 Å². The van der Waals surface area contributed by atoms with Crippen molar-refractivity contribution in [1.29, 1.82) is 0 Å². The number of benzene rings is 1. The van der Waals surface area contributed by atoms with Gasteiger partial charge >= 0.3 is 0 Å². The number of unbranched alkanes of at least 4 members (excludes halogenated alkanes) is 2. The lowest BCUT2D eigenvalue weighted by Gasteiger charge is -2.22. The van der Waals surface area contributed by atoms with Crippen LogP contribution in [0, 0.1) is 0 Å². The van der Waals surface area contributed by atoms with Crippen molar-refractivity contribution in [3.63, 3.8) is 0 Å². The van der Waals surface area contributed by atoms with Gasteiger partial charge in [-0.2, -0.15) is 0 Å². The van der Waals surface area contributed by atoms with E-state index in [1.54, 1.807) is 0 Å². The highest BCUT2D eigenvalue weighted by Crippen LogP contribution is 2.18. The molecule has 1 amide bonds. The van der Waals surface area contributed by atoms with E-state index in [4.69, 9.17) is 12.6 Å². The summed E-state index contributed by atoms with van der Waals surface area (Å²) in [4.78, 5) is 12.2. The topological polar surface area (TPSA) is 38.3 Å². The molecule has 1 aliphatic rings. The average molecular weight is 299 g/mol. The molecule has 0 saturated heterocycles. The van der Waals surface area contributed by atoms with Crippen LogP contribution in [0.3, 0.4) is 0 Å². The van der Waals surface area contributed by atoms with Gasteiger partial charge in [-0.05, 0) is 43.5 Å². The van der Waals surface area contributed by atoms with Crippen LogP contribution in [0.1, 0.15) is 61.7 Å². The van der Waals surface area contributed by atoms with Gasteiger partial charge in [0, 0.05) is 11.6 Å². The predicted octanol–water partition coefficient (Wildman–Crippen LogP) is 3.89. The summed E-state index contributed by atoms with van der Waals surface area (Å²) in [7, 11) is 5.46. The lowest BCUT2D eigenvalue weighted by molar-refractivity contribution is 0.0927. The fourth-order valence-corrected chi connectivity index (χ4v) is 2.83. The Labute approximate surface area is 135 Å². The SMILES string of the molecule is [B]CCCCCOc1ccc(C(=O)NC2CCCCC2)cc1. The van der Waals surface area contributed by atoms with Gasteiger partial charge in [-0.3, -0.25) is 4.79 Å². The van der Waals surface area contributed by atoms with E-state index < -0.39 is 0 Å². The molecule has 3 nitrogen and oxygen atoms in total. The molecule has 4 heteroatoms. The van der Waals surface area contributed by atoms with Gasteiger partial charge in [-0.1, -0.05) is 38.4 Å². The Kier molecular flexibility index (Phi) is 7.34. The molecule has 0 spiro atoms. The second-order valence-corrected chi connectivity index (χ2v) is 6.03. The molecule has 0 aromatic heterocycles. The van der Waals surface area contributed by atoms with Gasteiger partial charge in [0.1, 0.15) is 5.75 Å². The fourth-order valence-electron chi connectivity index (χ4n) is 2.83. The second-order valence-electron chi connectivity index (χ2n) is 6.03. The minimum atomic E-state index is 0.0291. The number of carbonyl (C=O) groups is 1. The Morgan fingerprint density at radius 2 is 1.82 bits per heavy atom. The van der Waals surface area contributed by atoms with E-state index in [2.05, 4.69) is 5.32 Å². The van der Waals surface area contributed by atoms with Crippen LogP contribution >= 0.6 is 0 Å². The zero-order valence-corrected chi connectivity index (χ0v) is 13.4. The van der Waals surface area contributed by atoms with Crippen molar-refractivity contribution < 1.29 is 9.53 Å². The first-order chi connectivity index (χ1) is 10.8. The minimum absolute atomic E-state index is 0.0291. The highest BCUT2D eigenvalue weighted by Gasteiger charge is 2.16. The number of hydrogen-bond donors (Lipinski definition) is 1. The summed E-state index contributed by atoms with van der Waals surface area (Å²) in [6.45, 7) is 0.702. The molecule has 0 bridgehead atoms. The third-order valence-electron chi connectivity index (χ3n) is 4.17. The molecule has 0 heterocycles. The molecule has 1 aliphatic carbocycles.